The van der Waals surface area contributed by atoms with Gasteiger partial charge in [-0.15, -0.1) is 0 Å². The minimum absolute atomic E-state index is 0.0578. The number of benzene rings is 1. The highest BCUT2D eigenvalue weighted by Gasteiger charge is 2.26. The fourth-order valence-corrected chi connectivity index (χ4v) is 4.89. The minimum atomic E-state index is -3.74. The van der Waals surface area contributed by atoms with Gasteiger partial charge in [-0.2, -0.15) is 0 Å². The van der Waals surface area contributed by atoms with Gasteiger partial charge in [0, 0.05) is 37.7 Å². The van der Waals surface area contributed by atoms with Crippen molar-refractivity contribution in [2.45, 2.75) is 61.9 Å². The maximum atomic E-state index is 12.8. The first-order chi connectivity index (χ1) is 12.9. The van der Waals surface area contributed by atoms with Gasteiger partial charge in [-0.25, -0.2) is 13.1 Å². The molecule has 3 rings (SSSR count). The van der Waals surface area contributed by atoms with Crippen LogP contribution < -0.4 is 10.0 Å². The molecule has 1 saturated carbocycles. The van der Waals surface area contributed by atoms with Crippen LogP contribution in [0.25, 0.3) is 0 Å². The van der Waals surface area contributed by atoms with E-state index in [1.807, 2.05) is 0 Å². The average Bonchev–Trinajstić information content (AvgIpc) is 3.11. The highest BCUT2D eigenvalue weighted by atomic mass is 32.2. The van der Waals surface area contributed by atoms with Crippen LogP contribution in [0.3, 0.4) is 0 Å². The van der Waals surface area contributed by atoms with Crippen molar-refractivity contribution in [3.05, 3.63) is 29.8 Å². The van der Waals surface area contributed by atoms with Gasteiger partial charge in [0.2, 0.25) is 15.9 Å². The fourth-order valence-electron chi connectivity index (χ4n) is 3.76. The molecule has 2 N–H and O–H groups in total. The molecule has 27 heavy (non-hydrogen) atoms. The number of nitrogens with zero attached hydrogens (tertiary/aromatic N) is 1. The summed E-state index contributed by atoms with van der Waals surface area (Å²) in [5.74, 6) is -0.209. The lowest BCUT2D eigenvalue weighted by Gasteiger charge is -2.31. The zero-order valence-electron chi connectivity index (χ0n) is 15.6. The van der Waals surface area contributed by atoms with Crippen LogP contribution in [0.5, 0.6) is 0 Å². The molecular formula is C19H27N3O4S. The van der Waals surface area contributed by atoms with Crippen LogP contribution in [0.2, 0.25) is 0 Å². The fraction of sp³-hybridized carbons (Fsp3) is 0.579. The Balaban J connectivity index is 1.68. The lowest BCUT2D eigenvalue weighted by molar-refractivity contribution is -0.119. The van der Waals surface area contributed by atoms with Gasteiger partial charge in [0.25, 0.3) is 5.91 Å². The Hall–Kier alpha value is -1.93. The zero-order valence-corrected chi connectivity index (χ0v) is 16.4. The van der Waals surface area contributed by atoms with Gasteiger partial charge >= 0.3 is 0 Å². The lowest BCUT2D eigenvalue weighted by Crippen LogP contribution is -2.39. The van der Waals surface area contributed by atoms with E-state index in [1.165, 1.54) is 18.6 Å². The SMILES string of the molecule is CN(C(=O)c1cccc(S(=O)(=O)NCC2CCC(=O)N2)c1)C1CCCCC1. The topological polar surface area (TPSA) is 95.6 Å². The van der Waals surface area contributed by atoms with Crippen LogP contribution in [0.4, 0.5) is 0 Å². The number of hydrogen-bond donors (Lipinski definition) is 2. The number of sulfonamides is 1. The van der Waals surface area contributed by atoms with E-state index in [9.17, 15) is 18.0 Å². The summed E-state index contributed by atoms with van der Waals surface area (Å²) in [6.07, 6.45) is 6.48. The third-order valence-corrected chi connectivity index (χ3v) is 6.86. The summed E-state index contributed by atoms with van der Waals surface area (Å²) in [4.78, 5) is 25.8. The second-order valence-corrected chi connectivity index (χ2v) is 9.16. The summed E-state index contributed by atoms with van der Waals surface area (Å²) in [7, 11) is -1.95. The maximum absolute atomic E-state index is 12.8. The molecule has 1 unspecified atom stereocenters. The van der Waals surface area contributed by atoms with Crippen LogP contribution in [0, 0.1) is 0 Å². The van der Waals surface area contributed by atoms with E-state index in [2.05, 4.69) is 10.0 Å². The average molecular weight is 394 g/mol. The summed E-state index contributed by atoms with van der Waals surface area (Å²) < 4.78 is 27.7. The van der Waals surface area contributed by atoms with E-state index in [0.717, 1.165) is 25.7 Å². The van der Waals surface area contributed by atoms with Gasteiger partial charge in [-0.05, 0) is 37.5 Å². The summed E-state index contributed by atoms with van der Waals surface area (Å²) in [6.45, 7) is 0.147. The van der Waals surface area contributed by atoms with E-state index in [4.69, 9.17) is 0 Å². The lowest BCUT2D eigenvalue weighted by atomic mass is 9.94. The van der Waals surface area contributed by atoms with E-state index in [1.54, 1.807) is 24.1 Å². The standard InChI is InChI=1S/C19H27N3O4S/c1-22(16-7-3-2-4-8-16)19(24)14-6-5-9-17(12-14)27(25,26)20-13-15-10-11-18(23)21-15/h5-6,9,12,15-16,20H,2-4,7-8,10-11,13H2,1H3,(H,21,23). The van der Waals surface area contributed by atoms with Crippen molar-refractivity contribution in [2.75, 3.05) is 13.6 Å². The van der Waals surface area contributed by atoms with Crippen molar-refractivity contribution in [3.63, 3.8) is 0 Å². The van der Waals surface area contributed by atoms with E-state index >= 15 is 0 Å². The van der Waals surface area contributed by atoms with Crippen molar-refractivity contribution in [3.8, 4) is 0 Å². The first kappa shape index (κ1) is 19.8. The molecule has 1 aliphatic heterocycles. The van der Waals surface area contributed by atoms with Gasteiger partial charge in [0.05, 0.1) is 4.90 Å². The molecule has 1 aromatic rings. The normalized spacial score (nSPS) is 21.1. The predicted octanol–water partition coefficient (Wildman–Crippen LogP) is 1.65. The molecule has 0 bridgehead atoms. The van der Waals surface area contributed by atoms with Gasteiger partial charge in [-0.1, -0.05) is 25.3 Å². The van der Waals surface area contributed by atoms with Gasteiger partial charge in [0.1, 0.15) is 0 Å². The molecule has 0 aromatic heterocycles. The maximum Gasteiger partial charge on any atom is 0.253 e. The molecule has 1 heterocycles. The first-order valence-electron chi connectivity index (χ1n) is 9.53. The molecule has 8 heteroatoms. The third kappa shape index (κ3) is 4.87. The second kappa shape index (κ2) is 8.39. The summed E-state index contributed by atoms with van der Waals surface area (Å²) in [6, 6.07) is 6.18. The molecule has 1 aliphatic carbocycles. The van der Waals surface area contributed by atoms with E-state index in [-0.39, 0.29) is 35.3 Å². The van der Waals surface area contributed by atoms with Crippen LogP contribution in [0.15, 0.2) is 29.2 Å². The van der Waals surface area contributed by atoms with Crippen LogP contribution >= 0.6 is 0 Å². The minimum Gasteiger partial charge on any atom is -0.352 e. The molecule has 2 fully saturated rings. The largest absolute Gasteiger partial charge is 0.352 e. The molecule has 1 aromatic carbocycles. The first-order valence-corrected chi connectivity index (χ1v) is 11.0. The Morgan fingerprint density at radius 3 is 2.63 bits per heavy atom. The molecule has 148 valence electrons. The van der Waals surface area contributed by atoms with Crippen LogP contribution in [-0.4, -0.2) is 50.8 Å². The Kier molecular flexibility index (Phi) is 6.16. The number of carbonyl (C=O) groups excluding carboxylic acids is 2. The number of rotatable bonds is 6. The van der Waals surface area contributed by atoms with Crippen molar-refractivity contribution < 1.29 is 18.0 Å². The Morgan fingerprint density at radius 1 is 1.22 bits per heavy atom. The van der Waals surface area contributed by atoms with E-state index in [0.29, 0.717) is 18.4 Å². The summed E-state index contributed by atoms with van der Waals surface area (Å²) in [5, 5.41) is 2.73. The van der Waals surface area contributed by atoms with Crippen molar-refractivity contribution >= 4 is 21.8 Å². The molecule has 0 spiro atoms. The Bertz CT molecular complexity index is 803. The third-order valence-electron chi connectivity index (χ3n) is 5.44. The molecule has 1 saturated heterocycles. The van der Waals surface area contributed by atoms with Crippen molar-refractivity contribution in [1.82, 2.24) is 14.9 Å². The number of carbonyl (C=O) groups is 2. The quantitative estimate of drug-likeness (QED) is 0.768. The Morgan fingerprint density at radius 2 is 1.96 bits per heavy atom. The molecule has 2 aliphatic rings. The van der Waals surface area contributed by atoms with Crippen LogP contribution in [-0.2, 0) is 14.8 Å². The van der Waals surface area contributed by atoms with Crippen molar-refractivity contribution in [2.24, 2.45) is 0 Å². The van der Waals surface area contributed by atoms with Gasteiger partial charge in [0.15, 0.2) is 0 Å². The van der Waals surface area contributed by atoms with Gasteiger partial charge < -0.3 is 10.2 Å². The Labute approximate surface area is 160 Å². The number of nitrogens with one attached hydrogen (secondary N) is 2. The van der Waals surface area contributed by atoms with E-state index < -0.39 is 10.0 Å². The monoisotopic (exact) mass is 393 g/mol. The number of hydrogen-bond acceptors (Lipinski definition) is 4. The van der Waals surface area contributed by atoms with Crippen LogP contribution in [0.1, 0.15) is 55.3 Å². The highest BCUT2D eigenvalue weighted by Crippen LogP contribution is 2.23. The molecule has 7 nitrogen and oxygen atoms in total. The van der Waals surface area contributed by atoms with Crippen molar-refractivity contribution in [1.29, 1.82) is 0 Å². The molecular weight excluding hydrogens is 366 g/mol. The number of amides is 2. The molecule has 0 radical (unpaired) electrons. The predicted molar refractivity (Wildman–Crippen MR) is 102 cm³/mol. The zero-order chi connectivity index (χ0) is 19.4. The molecule has 2 amide bonds. The smallest absolute Gasteiger partial charge is 0.253 e. The second-order valence-electron chi connectivity index (χ2n) is 7.39. The molecule has 1 atom stereocenters. The van der Waals surface area contributed by atoms with Gasteiger partial charge in [-0.3, -0.25) is 9.59 Å². The summed E-state index contributed by atoms with van der Waals surface area (Å²) in [5.41, 5.74) is 0.375. The summed E-state index contributed by atoms with van der Waals surface area (Å²) >= 11 is 0. The highest BCUT2D eigenvalue weighted by molar-refractivity contribution is 7.89.